The molecule has 0 spiro atoms. The van der Waals surface area contributed by atoms with Crippen LogP contribution in [0.4, 0.5) is 5.95 Å². The molecule has 0 radical (unpaired) electrons. The Morgan fingerprint density at radius 3 is 3.08 bits per heavy atom. The number of aromatic nitrogens is 3. The van der Waals surface area contributed by atoms with Gasteiger partial charge in [0.05, 0.1) is 0 Å². The third kappa shape index (κ3) is 2.38. The van der Waals surface area contributed by atoms with E-state index >= 15 is 0 Å². The Balaban J connectivity index is 2.58. The summed E-state index contributed by atoms with van der Waals surface area (Å²) in [6, 6.07) is 0. The average molecular weight is 207 g/mol. The van der Waals surface area contributed by atoms with Crippen LogP contribution in [-0.4, -0.2) is 33.2 Å². The SMILES string of the molecule is CSc1n[nH]c(NC(=O)CCl)n1. The van der Waals surface area contributed by atoms with E-state index in [1.54, 1.807) is 0 Å². The van der Waals surface area contributed by atoms with Gasteiger partial charge < -0.3 is 0 Å². The lowest BCUT2D eigenvalue weighted by atomic mass is 10.7. The van der Waals surface area contributed by atoms with Crippen molar-refractivity contribution in [1.82, 2.24) is 15.2 Å². The number of amides is 1. The van der Waals surface area contributed by atoms with Crippen LogP contribution in [0.15, 0.2) is 5.16 Å². The molecule has 1 aromatic heterocycles. The Morgan fingerprint density at radius 1 is 1.83 bits per heavy atom. The lowest BCUT2D eigenvalue weighted by Crippen LogP contribution is -2.13. The van der Waals surface area contributed by atoms with Crippen LogP contribution < -0.4 is 5.32 Å². The molecule has 0 aliphatic carbocycles. The number of alkyl halides is 1. The van der Waals surface area contributed by atoms with Gasteiger partial charge in [0.1, 0.15) is 5.88 Å². The standard InChI is InChI=1S/C5H7ClN4OS/c1-12-5-8-4(9-10-5)7-3(11)2-6/h2H2,1H3,(H2,7,8,9,10,11). The highest BCUT2D eigenvalue weighted by atomic mass is 35.5. The van der Waals surface area contributed by atoms with Crippen LogP contribution in [0.25, 0.3) is 0 Å². The van der Waals surface area contributed by atoms with Gasteiger partial charge in [-0.15, -0.1) is 16.7 Å². The van der Waals surface area contributed by atoms with Crippen molar-refractivity contribution in [2.45, 2.75) is 5.16 Å². The second-order valence-electron chi connectivity index (χ2n) is 1.85. The van der Waals surface area contributed by atoms with Crippen molar-refractivity contribution >= 4 is 35.2 Å². The van der Waals surface area contributed by atoms with Gasteiger partial charge >= 0.3 is 0 Å². The number of thioether (sulfide) groups is 1. The van der Waals surface area contributed by atoms with Gasteiger partial charge in [-0.05, 0) is 6.26 Å². The molecule has 1 heterocycles. The first-order valence-electron chi connectivity index (χ1n) is 3.08. The van der Waals surface area contributed by atoms with Crippen molar-refractivity contribution in [3.63, 3.8) is 0 Å². The molecule has 2 N–H and O–H groups in total. The van der Waals surface area contributed by atoms with Gasteiger partial charge in [0.2, 0.25) is 17.0 Å². The van der Waals surface area contributed by atoms with Crippen LogP contribution in [0.3, 0.4) is 0 Å². The molecule has 1 amide bonds. The molecule has 0 saturated carbocycles. The van der Waals surface area contributed by atoms with E-state index in [1.165, 1.54) is 11.8 Å². The second kappa shape index (κ2) is 4.32. The van der Waals surface area contributed by atoms with Crippen LogP contribution in [-0.2, 0) is 4.79 Å². The largest absolute Gasteiger partial charge is 0.294 e. The Kier molecular flexibility index (Phi) is 3.36. The Hall–Kier alpha value is -0.750. The van der Waals surface area contributed by atoms with E-state index in [1.807, 2.05) is 6.26 Å². The fraction of sp³-hybridized carbons (Fsp3) is 0.400. The first-order valence-corrected chi connectivity index (χ1v) is 4.84. The fourth-order valence-corrected chi connectivity index (χ4v) is 0.945. The zero-order chi connectivity index (χ0) is 8.97. The molecule has 0 aliphatic heterocycles. The first kappa shape index (κ1) is 9.34. The summed E-state index contributed by atoms with van der Waals surface area (Å²) in [4.78, 5) is 14.7. The van der Waals surface area contributed by atoms with Crippen LogP contribution in [0.1, 0.15) is 0 Å². The molecule has 5 nitrogen and oxygen atoms in total. The summed E-state index contributed by atoms with van der Waals surface area (Å²) in [6.07, 6.45) is 1.84. The number of carbonyl (C=O) groups excluding carboxylic acids is 1. The second-order valence-corrected chi connectivity index (χ2v) is 2.89. The predicted molar refractivity (Wildman–Crippen MR) is 47.5 cm³/mol. The number of aromatic amines is 1. The summed E-state index contributed by atoms with van der Waals surface area (Å²) in [5, 5.41) is 9.36. The van der Waals surface area contributed by atoms with Crippen molar-refractivity contribution in [2.75, 3.05) is 17.5 Å². The molecule has 7 heteroatoms. The van der Waals surface area contributed by atoms with Crippen molar-refractivity contribution < 1.29 is 4.79 Å². The first-order chi connectivity index (χ1) is 5.76. The van der Waals surface area contributed by atoms with E-state index < -0.39 is 0 Å². The highest BCUT2D eigenvalue weighted by molar-refractivity contribution is 7.98. The minimum Gasteiger partial charge on any atom is -0.294 e. The van der Waals surface area contributed by atoms with Crippen molar-refractivity contribution in [3.8, 4) is 0 Å². The fourth-order valence-electron chi connectivity index (χ4n) is 0.559. The predicted octanol–water partition coefficient (Wildman–Crippen LogP) is 0.704. The quantitative estimate of drug-likeness (QED) is 0.564. The van der Waals surface area contributed by atoms with Crippen molar-refractivity contribution in [1.29, 1.82) is 0 Å². The van der Waals surface area contributed by atoms with E-state index in [2.05, 4.69) is 20.5 Å². The molecule has 0 atom stereocenters. The summed E-state index contributed by atoms with van der Waals surface area (Å²) in [5.74, 6) is -0.0690. The number of rotatable bonds is 3. The van der Waals surface area contributed by atoms with Crippen LogP contribution in [0.2, 0.25) is 0 Å². The summed E-state index contributed by atoms with van der Waals surface area (Å²) in [6.45, 7) is 0. The Bertz CT molecular complexity index is 276. The van der Waals surface area contributed by atoms with Gasteiger partial charge in [0.15, 0.2) is 0 Å². The molecule has 0 fully saturated rings. The Labute approximate surface area is 78.3 Å². The molecule has 0 bridgehead atoms. The molecule has 0 aliphatic rings. The number of anilines is 1. The zero-order valence-electron chi connectivity index (χ0n) is 6.30. The highest BCUT2D eigenvalue weighted by Gasteiger charge is 2.04. The van der Waals surface area contributed by atoms with Crippen molar-refractivity contribution in [3.05, 3.63) is 0 Å². The molecule has 12 heavy (non-hydrogen) atoms. The summed E-state index contributed by atoms with van der Waals surface area (Å²) in [7, 11) is 0. The van der Waals surface area contributed by atoms with Gasteiger partial charge in [-0.3, -0.25) is 10.1 Å². The van der Waals surface area contributed by atoms with Crippen molar-refractivity contribution in [2.24, 2.45) is 0 Å². The minimum atomic E-state index is -0.305. The van der Waals surface area contributed by atoms with Gasteiger partial charge in [-0.2, -0.15) is 4.98 Å². The van der Waals surface area contributed by atoms with E-state index in [-0.39, 0.29) is 11.8 Å². The number of hydrogen-bond donors (Lipinski definition) is 2. The molecule has 1 aromatic rings. The lowest BCUT2D eigenvalue weighted by Gasteiger charge is -1.93. The van der Waals surface area contributed by atoms with Gasteiger partial charge in [0.25, 0.3) is 0 Å². The topological polar surface area (TPSA) is 70.7 Å². The monoisotopic (exact) mass is 206 g/mol. The van der Waals surface area contributed by atoms with E-state index in [0.29, 0.717) is 11.1 Å². The molecule has 1 rings (SSSR count). The van der Waals surface area contributed by atoms with Gasteiger partial charge in [0, 0.05) is 0 Å². The maximum Gasteiger partial charge on any atom is 0.241 e. The highest BCUT2D eigenvalue weighted by Crippen LogP contribution is 2.08. The van der Waals surface area contributed by atoms with E-state index in [4.69, 9.17) is 11.6 Å². The molecule has 0 unspecified atom stereocenters. The maximum atomic E-state index is 10.7. The number of halogens is 1. The number of H-pyrrole nitrogens is 1. The van der Waals surface area contributed by atoms with Crippen LogP contribution in [0, 0.1) is 0 Å². The third-order valence-electron chi connectivity index (χ3n) is 1.03. The maximum absolute atomic E-state index is 10.7. The lowest BCUT2D eigenvalue weighted by molar-refractivity contribution is -0.114. The summed E-state index contributed by atoms with van der Waals surface area (Å²) >= 11 is 6.65. The summed E-state index contributed by atoms with van der Waals surface area (Å²) < 4.78 is 0. The van der Waals surface area contributed by atoms with Crippen LogP contribution >= 0.6 is 23.4 Å². The van der Waals surface area contributed by atoms with Crippen LogP contribution in [0.5, 0.6) is 0 Å². The number of nitrogens with zero attached hydrogens (tertiary/aromatic N) is 2. The third-order valence-corrected chi connectivity index (χ3v) is 1.82. The molecule has 66 valence electrons. The number of carbonyl (C=O) groups is 1. The number of nitrogens with one attached hydrogen (secondary N) is 2. The molecule has 0 aromatic carbocycles. The molecule has 0 saturated heterocycles. The molecular weight excluding hydrogens is 200 g/mol. The smallest absolute Gasteiger partial charge is 0.241 e. The van der Waals surface area contributed by atoms with E-state index in [9.17, 15) is 4.79 Å². The minimum absolute atomic E-state index is 0.0880. The average Bonchev–Trinajstić information content (AvgIpc) is 2.52. The van der Waals surface area contributed by atoms with Gasteiger partial charge in [-0.25, -0.2) is 5.10 Å². The summed E-state index contributed by atoms with van der Waals surface area (Å²) in [5.41, 5.74) is 0. The number of hydrogen-bond acceptors (Lipinski definition) is 4. The molecular formula is C5H7ClN4OS. The Morgan fingerprint density at radius 2 is 2.58 bits per heavy atom. The zero-order valence-corrected chi connectivity index (χ0v) is 7.87. The van der Waals surface area contributed by atoms with E-state index in [0.717, 1.165) is 0 Å². The van der Waals surface area contributed by atoms with Gasteiger partial charge in [-0.1, -0.05) is 11.8 Å². The normalized spacial score (nSPS) is 9.83.